The Kier molecular flexibility index (Phi) is 2.27. The van der Waals surface area contributed by atoms with Crippen LogP contribution in [0, 0.1) is 11.9 Å². The topological polar surface area (TPSA) is 9.23 Å². The van der Waals surface area contributed by atoms with Gasteiger partial charge >= 0.3 is 0 Å². The summed E-state index contributed by atoms with van der Waals surface area (Å²) < 4.78 is 17.8. The van der Waals surface area contributed by atoms with Crippen molar-refractivity contribution in [1.29, 1.82) is 0 Å². The summed E-state index contributed by atoms with van der Waals surface area (Å²) in [5.74, 6) is -0.185. The zero-order chi connectivity index (χ0) is 7.56. The Morgan fingerprint density at radius 1 is 1.70 bits per heavy atom. The molecule has 1 aromatic rings. The molecule has 0 fully saturated rings. The molecular formula is C7H5BrFO. The minimum absolute atomic E-state index is 0.227. The van der Waals surface area contributed by atoms with Gasteiger partial charge in [-0.15, -0.1) is 0 Å². The van der Waals surface area contributed by atoms with Crippen LogP contribution in [0.2, 0.25) is 0 Å². The molecule has 0 amide bonds. The highest BCUT2D eigenvalue weighted by molar-refractivity contribution is 9.10. The van der Waals surface area contributed by atoms with Gasteiger partial charge < -0.3 is 4.74 Å². The molecule has 0 heterocycles. The van der Waals surface area contributed by atoms with Crippen LogP contribution in [0.3, 0.4) is 0 Å². The molecular weight excluding hydrogens is 199 g/mol. The molecule has 0 atom stereocenters. The van der Waals surface area contributed by atoms with Crippen molar-refractivity contribution in [3.8, 4) is 5.75 Å². The maximum absolute atomic E-state index is 12.8. The van der Waals surface area contributed by atoms with Gasteiger partial charge in [0, 0.05) is 6.07 Å². The lowest BCUT2D eigenvalue weighted by Gasteiger charge is -2.00. The van der Waals surface area contributed by atoms with Crippen molar-refractivity contribution in [3.05, 3.63) is 28.5 Å². The van der Waals surface area contributed by atoms with Crippen LogP contribution in [-0.4, -0.2) is 7.11 Å². The Balaban J connectivity index is 3.14. The molecule has 0 spiro atoms. The lowest BCUT2D eigenvalue weighted by atomic mass is 10.3. The van der Waals surface area contributed by atoms with Gasteiger partial charge in [0.05, 0.1) is 11.6 Å². The van der Waals surface area contributed by atoms with Gasteiger partial charge in [-0.1, -0.05) is 0 Å². The molecule has 1 nitrogen and oxygen atoms in total. The molecule has 0 saturated carbocycles. The fraction of sp³-hybridized carbons (Fsp3) is 0.143. The van der Waals surface area contributed by atoms with E-state index < -0.39 is 5.82 Å². The van der Waals surface area contributed by atoms with Crippen molar-refractivity contribution >= 4 is 15.9 Å². The number of rotatable bonds is 1. The molecule has 0 bridgehead atoms. The zero-order valence-electron chi connectivity index (χ0n) is 5.32. The summed E-state index contributed by atoms with van der Waals surface area (Å²) in [6.07, 6.45) is 0. The van der Waals surface area contributed by atoms with Gasteiger partial charge in [-0.3, -0.25) is 0 Å². The monoisotopic (exact) mass is 203 g/mol. The van der Waals surface area contributed by atoms with E-state index in [1.807, 2.05) is 0 Å². The first-order valence-corrected chi connectivity index (χ1v) is 3.44. The average Bonchev–Trinajstić information content (AvgIpc) is 1.95. The fourth-order valence-corrected chi connectivity index (χ4v) is 0.920. The summed E-state index contributed by atoms with van der Waals surface area (Å²) in [6, 6.07) is 5.74. The molecule has 10 heavy (non-hydrogen) atoms. The minimum Gasteiger partial charge on any atom is -0.494 e. The van der Waals surface area contributed by atoms with E-state index in [2.05, 4.69) is 22.0 Å². The number of methoxy groups -OCH3 is 1. The quantitative estimate of drug-likeness (QED) is 0.682. The van der Waals surface area contributed by atoms with Gasteiger partial charge in [-0.2, -0.15) is 0 Å². The molecule has 0 aliphatic carbocycles. The van der Waals surface area contributed by atoms with E-state index in [9.17, 15) is 4.39 Å². The standard InChI is InChI=1S/C7H5BrFO/c1-10-6-4-2-3-5(8)7(6)9/h2,4H,1H3. The predicted octanol–water partition coefficient (Wildman–Crippen LogP) is 2.40. The normalized spacial score (nSPS) is 9.50. The smallest absolute Gasteiger partial charge is 0.179 e. The number of benzene rings is 1. The van der Waals surface area contributed by atoms with Gasteiger partial charge in [0.25, 0.3) is 0 Å². The first kappa shape index (κ1) is 7.54. The SMILES string of the molecule is COc1cc[c]c(Br)c1F. The summed E-state index contributed by atoms with van der Waals surface area (Å²) in [4.78, 5) is 0. The van der Waals surface area contributed by atoms with Gasteiger partial charge in [0.2, 0.25) is 0 Å². The van der Waals surface area contributed by atoms with E-state index in [0.29, 0.717) is 4.47 Å². The van der Waals surface area contributed by atoms with E-state index in [4.69, 9.17) is 4.74 Å². The zero-order valence-corrected chi connectivity index (χ0v) is 6.90. The van der Waals surface area contributed by atoms with Crippen molar-refractivity contribution in [2.75, 3.05) is 7.11 Å². The molecule has 1 aromatic carbocycles. The molecule has 53 valence electrons. The van der Waals surface area contributed by atoms with E-state index in [1.54, 1.807) is 6.07 Å². The van der Waals surface area contributed by atoms with Gasteiger partial charge in [0.1, 0.15) is 0 Å². The third kappa shape index (κ3) is 1.29. The summed E-state index contributed by atoms with van der Waals surface area (Å²) >= 11 is 2.98. The molecule has 1 radical (unpaired) electrons. The Hall–Kier alpha value is -0.570. The third-order valence-electron chi connectivity index (χ3n) is 1.07. The molecule has 1 rings (SSSR count). The van der Waals surface area contributed by atoms with Crippen molar-refractivity contribution in [2.24, 2.45) is 0 Å². The van der Waals surface area contributed by atoms with E-state index in [1.165, 1.54) is 13.2 Å². The number of hydrogen-bond donors (Lipinski definition) is 0. The number of halogens is 2. The van der Waals surface area contributed by atoms with Crippen LogP contribution in [-0.2, 0) is 0 Å². The van der Waals surface area contributed by atoms with E-state index in [0.717, 1.165) is 0 Å². The molecule has 3 heteroatoms. The second-order valence-corrected chi connectivity index (χ2v) is 2.47. The molecule has 0 aromatic heterocycles. The van der Waals surface area contributed by atoms with Crippen LogP contribution in [0.1, 0.15) is 0 Å². The van der Waals surface area contributed by atoms with Gasteiger partial charge in [-0.25, -0.2) is 4.39 Å². The summed E-state index contributed by atoms with van der Waals surface area (Å²) in [5, 5.41) is 0. The average molecular weight is 204 g/mol. The summed E-state index contributed by atoms with van der Waals surface area (Å²) in [7, 11) is 1.42. The van der Waals surface area contributed by atoms with E-state index >= 15 is 0 Å². The van der Waals surface area contributed by atoms with Crippen molar-refractivity contribution in [1.82, 2.24) is 0 Å². The van der Waals surface area contributed by atoms with E-state index in [-0.39, 0.29) is 5.75 Å². The fourth-order valence-electron chi connectivity index (χ4n) is 0.593. The minimum atomic E-state index is -0.412. The van der Waals surface area contributed by atoms with Crippen molar-refractivity contribution in [2.45, 2.75) is 0 Å². The molecule has 0 saturated heterocycles. The van der Waals surface area contributed by atoms with Crippen LogP contribution in [0.4, 0.5) is 4.39 Å². The summed E-state index contributed by atoms with van der Waals surface area (Å²) in [6.45, 7) is 0. The molecule has 0 aliphatic rings. The first-order valence-electron chi connectivity index (χ1n) is 2.65. The van der Waals surface area contributed by atoms with Crippen LogP contribution in [0.25, 0.3) is 0 Å². The number of ether oxygens (including phenoxy) is 1. The van der Waals surface area contributed by atoms with Crippen molar-refractivity contribution in [3.63, 3.8) is 0 Å². The molecule has 0 unspecified atom stereocenters. The first-order chi connectivity index (χ1) is 4.75. The van der Waals surface area contributed by atoms with Crippen LogP contribution >= 0.6 is 15.9 Å². The maximum Gasteiger partial charge on any atom is 0.179 e. The summed E-state index contributed by atoms with van der Waals surface area (Å²) in [5.41, 5.74) is 0. The van der Waals surface area contributed by atoms with Crippen molar-refractivity contribution < 1.29 is 9.13 Å². The van der Waals surface area contributed by atoms with Gasteiger partial charge in [0.15, 0.2) is 11.6 Å². The highest BCUT2D eigenvalue weighted by Crippen LogP contribution is 2.23. The Labute approximate surface area is 66.9 Å². The van der Waals surface area contributed by atoms with Crippen LogP contribution < -0.4 is 4.74 Å². The predicted molar refractivity (Wildman–Crippen MR) is 39.5 cm³/mol. The Morgan fingerprint density at radius 3 is 2.90 bits per heavy atom. The highest BCUT2D eigenvalue weighted by Gasteiger charge is 2.04. The lowest BCUT2D eigenvalue weighted by Crippen LogP contribution is -1.87. The molecule has 0 aliphatic heterocycles. The van der Waals surface area contributed by atoms with Crippen LogP contribution in [0.5, 0.6) is 5.75 Å². The third-order valence-corrected chi connectivity index (χ3v) is 1.65. The lowest BCUT2D eigenvalue weighted by molar-refractivity contribution is 0.385. The maximum atomic E-state index is 12.8. The second kappa shape index (κ2) is 3.01. The molecule has 0 N–H and O–H groups in total. The second-order valence-electron chi connectivity index (χ2n) is 1.67. The highest BCUT2D eigenvalue weighted by atomic mass is 79.9. The largest absolute Gasteiger partial charge is 0.494 e. The van der Waals surface area contributed by atoms with Gasteiger partial charge in [-0.05, 0) is 28.1 Å². The van der Waals surface area contributed by atoms with Crippen LogP contribution in [0.15, 0.2) is 16.6 Å². The Morgan fingerprint density at radius 2 is 2.40 bits per heavy atom. The number of hydrogen-bond acceptors (Lipinski definition) is 1. The Bertz CT molecular complexity index is 237.